The fourth-order valence-electron chi connectivity index (χ4n) is 2.05. The number of rotatable bonds is 7. The smallest absolute Gasteiger partial charge is 0.157 e. The van der Waals surface area contributed by atoms with E-state index in [9.17, 15) is 0 Å². The van der Waals surface area contributed by atoms with E-state index in [1.807, 2.05) is 0 Å². The van der Waals surface area contributed by atoms with Gasteiger partial charge >= 0.3 is 0 Å². The second-order valence-electron chi connectivity index (χ2n) is 4.68. The minimum Gasteiger partial charge on any atom is -0.396 e. The Hall–Kier alpha value is -0.160. The van der Waals surface area contributed by atoms with E-state index in [2.05, 4.69) is 0 Å². The van der Waals surface area contributed by atoms with Crippen molar-refractivity contribution in [1.29, 1.82) is 0 Å². The average Bonchev–Trinajstić information content (AvgIpc) is 3.09. The van der Waals surface area contributed by atoms with Crippen molar-refractivity contribution in [1.82, 2.24) is 0 Å². The molecule has 2 rings (SSSR count). The topological polar surface area (TPSA) is 47.9 Å². The number of aliphatic hydroxyl groups excluding tert-OH is 1. The maximum atomic E-state index is 8.85. The molecule has 0 amide bonds. The summed E-state index contributed by atoms with van der Waals surface area (Å²) in [7, 11) is 0. The van der Waals surface area contributed by atoms with E-state index in [0.29, 0.717) is 31.7 Å². The first-order valence-electron chi connectivity index (χ1n) is 6.32. The molecule has 0 radical (unpaired) electrons. The third kappa shape index (κ3) is 4.01. The monoisotopic (exact) mass is 230 g/mol. The van der Waals surface area contributed by atoms with Crippen LogP contribution in [0, 0.1) is 11.8 Å². The third-order valence-electron chi connectivity index (χ3n) is 3.30. The van der Waals surface area contributed by atoms with Gasteiger partial charge in [-0.05, 0) is 37.5 Å². The summed E-state index contributed by atoms with van der Waals surface area (Å²) in [6.07, 6.45) is 4.47. The van der Waals surface area contributed by atoms with Crippen LogP contribution >= 0.6 is 0 Å². The second kappa shape index (κ2) is 6.55. The van der Waals surface area contributed by atoms with Crippen LogP contribution in [0.15, 0.2) is 0 Å². The molecule has 3 atom stereocenters. The van der Waals surface area contributed by atoms with Crippen molar-refractivity contribution in [2.24, 2.45) is 11.8 Å². The van der Waals surface area contributed by atoms with Crippen molar-refractivity contribution in [3.8, 4) is 0 Å². The number of hydrogen-bond acceptors (Lipinski definition) is 4. The Morgan fingerprint density at radius 2 is 2.12 bits per heavy atom. The van der Waals surface area contributed by atoms with Crippen LogP contribution in [0.1, 0.15) is 25.7 Å². The Morgan fingerprint density at radius 1 is 1.19 bits per heavy atom. The highest BCUT2D eigenvalue weighted by atomic mass is 16.7. The van der Waals surface area contributed by atoms with Gasteiger partial charge < -0.3 is 19.3 Å². The molecule has 1 aliphatic carbocycles. The lowest BCUT2D eigenvalue weighted by Gasteiger charge is -2.22. The molecule has 1 unspecified atom stereocenters. The zero-order chi connectivity index (χ0) is 11.2. The van der Waals surface area contributed by atoms with Gasteiger partial charge in [-0.25, -0.2) is 0 Å². The lowest BCUT2D eigenvalue weighted by Crippen LogP contribution is -2.24. The van der Waals surface area contributed by atoms with Gasteiger partial charge in [0.25, 0.3) is 0 Å². The lowest BCUT2D eigenvalue weighted by molar-refractivity contribution is -0.169. The van der Waals surface area contributed by atoms with Gasteiger partial charge in [-0.1, -0.05) is 0 Å². The molecule has 1 N–H and O–H groups in total. The normalized spacial score (nSPS) is 33.9. The maximum absolute atomic E-state index is 8.85. The Balaban J connectivity index is 1.40. The van der Waals surface area contributed by atoms with Crippen molar-refractivity contribution < 1.29 is 19.3 Å². The summed E-state index contributed by atoms with van der Waals surface area (Å²) in [5.74, 6) is 1.07. The van der Waals surface area contributed by atoms with Crippen molar-refractivity contribution in [3.05, 3.63) is 0 Å². The van der Waals surface area contributed by atoms with Gasteiger partial charge in [0.1, 0.15) is 0 Å². The van der Waals surface area contributed by atoms with Gasteiger partial charge in [0.15, 0.2) is 6.29 Å². The highest BCUT2D eigenvalue weighted by molar-refractivity contribution is 4.85. The van der Waals surface area contributed by atoms with E-state index in [4.69, 9.17) is 19.3 Å². The molecule has 16 heavy (non-hydrogen) atoms. The largest absolute Gasteiger partial charge is 0.396 e. The molecule has 0 spiro atoms. The quantitative estimate of drug-likeness (QED) is 0.667. The first kappa shape index (κ1) is 12.3. The summed E-state index contributed by atoms with van der Waals surface area (Å²) < 4.78 is 16.5. The van der Waals surface area contributed by atoms with Crippen LogP contribution in [0.4, 0.5) is 0 Å². The van der Waals surface area contributed by atoms with Gasteiger partial charge in [-0.2, -0.15) is 0 Å². The molecule has 4 heteroatoms. The summed E-state index contributed by atoms with van der Waals surface area (Å²) in [4.78, 5) is 0. The predicted octanol–water partition coefficient (Wildman–Crippen LogP) is 1.17. The first-order valence-corrected chi connectivity index (χ1v) is 6.32. The maximum Gasteiger partial charge on any atom is 0.157 e. The first-order chi connectivity index (χ1) is 7.90. The second-order valence-corrected chi connectivity index (χ2v) is 4.68. The Bertz CT molecular complexity index is 191. The van der Waals surface area contributed by atoms with Gasteiger partial charge in [0, 0.05) is 19.8 Å². The van der Waals surface area contributed by atoms with Crippen LogP contribution in [-0.2, 0) is 14.2 Å². The molecular weight excluding hydrogens is 208 g/mol. The third-order valence-corrected chi connectivity index (χ3v) is 3.30. The summed E-state index contributed by atoms with van der Waals surface area (Å²) in [6, 6.07) is 0. The van der Waals surface area contributed by atoms with E-state index in [1.54, 1.807) is 0 Å². The molecule has 94 valence electrons. The summed E-state index contributed by atoms with van der Waals surface area (Å²) in [5.41, 5.74) is 0. The van der Waals surface area contributed by atoms with Gasteiger partial charge in [0.2, 0.25) is 0 Å². The molecule has 2 aliphatic rings. The summed E-state index contributed by atoms with van der Waals surface area (Å²) >= 11 is 0. The minimum absolute atomic E-state index is 0.0107. The zero-order valence-corrected chi connectivity index (χ0v) is 9.77. The van der Waals surface area contributed by atoms with Crippen molar-refractivity contribution in [2.75, 3.05) is 33.0 Å². The average molecular weight is 230 g/mol. The summed E-state index contributed by atoms with van der Waals surface area (Å²) in [6.45, 7) is 3.14. The van der Waals surface area contributed by atoms with Crippen LogP contribution in [0.3, 0.4) is 0 Å². The lowest BCUT2D eigenvalue weighted by atomic mass is 10.2. The van der Waals surface area contributed by atoms with Crippen LogP contribution < -0.4 is 0 Å². The van der Waals surface area contributed by atoms with Crippen molar-refractivity contribution in [2.45, 2.75) is 32.0 Å². The molecule has 4 nitrogen and oxygen atoms in total. The molecule has 1 aliphatic heterocycles. The number of aliphatic hydroxyl groups is 1. The Kier molecular flexibility index (Phi) is 5.03. The Labute approximate surface area is 96.9 Å². The van der Waals surface area contributed by atoms with Crippen molar-refractivity contribution in [3.63, 3.8) is 0 Å². The predicted molar refractivity (Wildman–Crippen MR) is 59.0 cm³/mol. The van der Waals surface area contributed by atoms with Gasteiger partial charge in [0.05, 0.1) is 13.2 Å². The zero-order valence-electron chi connectivity index (χ0n) is 9.77. The fourth-order valence-corrected chi connectivity index (χ4v) is 2.05. The van der Waals surface area contributed by atoms with Gasteiger partial charge in [-0.15, -0.1) is 0 Å². The number of ether oxygens (including phenoxy) is 3. The van der Waals surface area contributed by atoms with Crippen LogP contribution in [0.2, 0.25) is 0 Å². The highest BCUT2D eigenvalue weighted by Crippen LogP contribution is 2.37. The fraction of sp³-hybridized carbons (Fsp3) is 1.00. The molecule has 0 aromatic heterocycles. The van der Waals surface area contributed by atoms with Crippen LogP contribution in [0.5, 0.6) is 0 Å². The van der Waals surface area contributed by atoms with Gasteiger partial charge in [-0.3, -0.25) is 0 Å². The van der Waals surface area contributed by atoms with E-state index < -0.39 is 0 Å². The molecule has 0 aromatic carbocycles. The molecule has 1 saturated carbocycles. The molecule has 0 bridgehead atoms. The van der Waals surface area contributed by atoms with E-state index >= 15 is 0 Å². The van der Waals surface area contributed by atoms with E-state index in [0.717, 1.165) is 32.5 Å². The van der Waals surface area contributed by atoms with E-state index in [-0.39, 0.29) is 6.29 Å². The highest BCUT2D eigenvalue weighted by Gasteiger charge is 2.36. The Morgan fingerprint density at radius 3 is 2.81 bits per heavy atom. The molecule has 1 saturated heterocycles. The van der Waals surface area contributed by atoms with Crippen LogP contribution in [-0.4, -0.2) is 44.4 Å². The van der Waals surface area contributed by atoms with Crippen molar-refractivity contribution >= 4 is 0 Å². The SMILES string of the molecule is OC[C@@H]1C[C@@H]1COCCOC1CCCCO1. The molecule has 0 aromatic rings. The molecular formula is C12H22O4. The van der Waals surface area contributed by atoms with Crippen LogP contribution in [0.25, 0.3) is 0 Å². The summed E-state index contributed by atoms with van der Waals surface area (Å²) in [5, 5.41) is 8.85. The minimum atomic E-state index is -0.0107. The molecule has 2 fully saturated rings. The molecule has 1 heterocycles. The van der Waals surface area contributed by atoms with E-state index in [1.165, 1.54) is 6.42 Å². The number of hydrogen-bond donors (Lipinski definition) is 1. The standard InChI is InChI=1S/C12H22O4/c13-8-10-7-11(10)9-14-5-6-16-12-3-1-2-4-15-12/h10-13H,1-9H2/t10-,11+,12?/m0/s1.